The fourth-order valence-electron chi connectivity index (χ4n) is 1.79. The van der Waals surface area contributed by atoms with Crippen LogP contribution in [0.15, 0.2) is 17.0 Å². The molecule has 108 valence electrons. The molecule has 1 aromatic carbocycles. The minimum Gasteiger partial charge on any atom is -0.398 e. The summed E-state index contributed by atoms with van der Waals surface area (Å²) in [5, 5.41) is 0.359. The van der Waals surface area contributed by atoms with E-state index in [4.69, 9.17) is 17.3 Å². The first-order valence-corrected chi connectivity index (χ1v) is 8.13. The Balaban J connectivity index is 3.14. The number of halogens is 1. The van der Waals surface area contributed by atoms with Crippen LogP contribution in [0.3, 0.4) is 0 Å². The first-order chi connectivity index (χ1) is 8.69. The summed E-state index contributed by atoms with van der Waals surface area (Å²) in [5.41, 5.74) is 6.84. The molecular weight excluding hydrogens is 284 g/mol. The molecule has 1 atom stereocenters. The van der Waals surface area contributed by atoms with Gasteiger partial charge in [0.2, 0.25) is 10.0 Å². The van der Waals surface area contributed by atoms with Crippen molar-refractivity contribution in [3.8, 4) is 0 Å². The molecule has 1 aromatic rings. The second-order valence-corrected chi connectivity index (χ2v) is 7.12. The van der Waals surface area contributed by atoms with Crippen molar-refractivity contribution in [2.75, 3.05) is 5.73 Å². The maximum atomic E-state index is 12.3. The van der Waals surface area contributed by atoms with Crippen LogP contribution in [-0.2, 0) is 10.0 Å². The number of nitrogens with two attached hydrogens (primary N) is 1. The molecule has 0 spiro atoms. The minimum atomic E-state index is -3.59. The molecule has 4 nitrogen and oxygen atoms in total. The van der Waals surface area contributed by atoms with Crippen molar-refractivity contribution in [2.45, 2.75) is 45.1 Å². The molecule has 0 bridgehead atoms. The summed E-state index contributed by atoms with van der Waals surface area (Å²) in [4.78, 5) is 0.111. The second kappa shape index (κ2) is 6.11. The van der Waals surface area contributed by atoms with Gasteiger partial charge in [-0.05, 0) is 37.0 Å². The Morgan fingerprint density at radius 3 is 2.37 bits per heavy atom. The van der Waals surface area contributed by atoms with Gasteiger partial charge in [-0.3, -0.25) is 0 Å². The predicted octanol–water partition coefficient (Wildman–Crippen LogP) is 2.94. The highest BCUT2D eigenvalue weighted by molar-refractivity contribution is 7.89. The van der Waals surface area contributed by atoms with Crippen molar-refractivity contribution in [2.24, 2.45) is 5.92 Å². The van der Waals surface area contributed by atoms with Gasteiger partial charge in [0.25, 0.3) is 0 Å². The van der Waals surface area contributed by atoms with Crippen LogP contribution in [0.4, 0.5) is 5.69 Å². The maximum absolute atomic E-state index is 12.3. The Kier molecular flexibility index (Phi) is 5.24. The van der Waals surface area contributed by atoms with Gasteiger partial charge in [-0.1, -0.05) is 32.4 Å². The number of rotatable bonds is 5. The molecule has 0 fully saturated rings. The zero-order valence-electron chi connectivity index (χ0n) is 11.7. The van der Waals surface area contributed by atoms with E-state index in [9.17, 15) is 8.42 Å². The Bertz CT molecular complexity index is 533. The Morgan fingerprint density at radius 2 is 1.95 bits per heavy atom. The average molecular weight is 305 g/mol. The van der Waals surface area contributed by atoms with E-state index in [-0.39, 0.29) is 16.9 Å². The first kappa shape index (κ1) is 16.3. The van der Waals surface area contributed by atoms with Gasteiger partial charge in [-0.25, -0.2) is 13.1 Å². The van der Waals surface area contributed by atoms with Gasteiger partial charge in [-0.15, -0.1) is 0 Å². The largest absolute Gasteiger partial charge is 0.398 e. The molecule has 0 radical (unpaired) electrons. The van der Waals surface area contributed by atoms with Gasteiger partial charge in [0.15, 0.2) is 0 Å². The number of hydrogen-bond acceptors (Lipinski definition) is 3. The van der Waals surface area contributed by atoms with Gasteiger partial charge in [-0.2, -0.15) is 0 Å². The van der Waals surface area contributed by atoms with Crippen molar-refractivity contribution < 1.29 is 8.42 Å². The van der Waals surface area contributed by atoms with Crippen molar-refractivity contribution in [3.05, 3.63) is 22.7 Å². The Labute approximate surface area is 120 Å². The quantitative estimate of drug-likeness (QED) is 0.822. The topological polar surface area (TPSA) is 72.2 Å². The van der Waals surface area contributed by atoms with Gasteiger partial charge in [0, 0.05) is 16.8 Å². The van der Waals surface area contributed by atoms with Gasteiger partial charge in [0.1, 0.15) is 0 Å². The molecule has 1 unspecified atom stereocenters. The third kappa shape index (κ3) is 3.84. The normalized spacial score (nSPS) is 13.8. The molecular formula is C13H21ClN2O2S. The number of benzene rings is 1. The summed E-state index contributed by atoms with van der Waals surface area (Å²) in [5.74, 6) is 0.220. The fourth-order valence-corrected chi connectivity index (χ4v) is 3.61. The zero-order chi connectivity index (χ0) is 14.8. The van der Waals surface area contributed by atoms with E-state index in [2.05, 4.69) is 4.72 Å². The monoisotopic (exact) mass is 304 g/mol. The molecule has 0 aliphatic carbocycles. The lowest BCUT2D eigenvalue weighted by atomic mass is 10.0. The summed E-state index contributed by atoms with van der Waals surface area (Å²) >= 11 is 5.99. The highest BCUT2D eigenvalue weighted by Gasteiger charge is 2.22. The zero-order valence-corrected chi connectivity index (χ0v) is 13.3. The summed E-state index contributed by atoms with van der Waals surface area (Å²) < 4.78 is 27.3. The molecule has 0 aromatic heterocycles. The summed E-state index contributed by atoms with van der Waals surface area (Å²) in [6, 6.07) is 2.77. The van der Waals surface area contributed by atoms with E-state index >= 15 is 0 Å². The smallest absolute Gasteiger partial charge is 0.240 e. The van der Waals surface area contributed by atoms with Crippen molar-refractivity contribution in [3.63, 3.8) is 0 Å². The van der Waals surface area contributed by atoms with Crippen LogP contribution in [0.25, 0.3) is 0 Å². The highest BCUT2D eigenvalue weighted by Crippen LogP contribution is 2.26. The molecule has 1 rings (SSSR count). The highest BCUT2D eigenvalue weighted by atomic mass is 35.5. The molecule has 0 heterocycles. The van der Waals surface area contributed by atoms with Crippen molar-refractivity contribution in [1.29, 1.82) is 0 Å². The van der Waals surface area contributed by atoms with Gasteiger partial charge < -0.3 is 5.73 Å². The summed E-state index contributed by atoms with van der Waals surface area (Å²) in [7, 11) is -3.59. The van der Waals surface area contributed by atoms with Crippen LogP contribution >= 0.6 is 11.6 Å². The lowest BCUT2D eigenvalue weighted by Gasteiger charge is -2.21. The van der Waals surface area contributed by atoms with Crippen LogP contribution in [0.2, 0.25) is 5.02 Å². The minimum absolute atomic E-state index is 0.105. The second-order valence-electron chi connectivity index (χ2n) is 5.00. The molecule has 0 aliphatic heterocycles. The Hall–Kier alpha value is -0.780. The van der Waals surface area contributed by atoms with Crippen LogP contribution in [0, 0.1) is 12.8 Å². The number of hydrogen-bond donors (Lipinski definition) is 2. The standard InChI is InChI=1S/C13H21ClN2O2S/c1-5-13(8(2)3)16-19(17,18)10-6-11(14)9(4)12(15)7-10/h6-8,13,16H,5,15H2,1-4H3. The van der Waals surface area contributed by atoms with Crippen LogP contribution < -0.4 is 10.5 Å². The number of sulfonamides is 1. The number of anilines is 1. The average Bonchev–Trinajstić information content (AvgIpc) is 2.32. The number of nitrogen functional groups attached to an aromatic ring is 1. The lowest BCUT2D eigenvalue weighted by molar-refractivity contribution is 0.437. The Morgan fingerprint density at radius 1 is 1.37 bits per heavy atom. The fraction of sp³-hybridized carbons (Fsp3) is 0.538. The van der Waals surface area contributed by atoms with Crippen LogP contribution in [0.5, 0.6) is 0 Å². The van der Waals surface area contributed by atoms with E-state index in [1.54, 1.807) is 6.92 Å². The van der Waals surface area contributed by atoms with E-state index in [1.165, 1.54) is 12.1 Å². The SMILES string of the molecule is CCC(NS(=O)(=O)c1cc(N)c(C)c(Cl)c1)C(C)C. The number of nitrogens with one attached hydrogen (secondary N) is 1. The molecule has 19 heavy (non-hydrogen) atoms. The summed E-state index contributed by atoms with van der Waals surface area (Å²) in [6.07, 6.45) is 0.728. The first-order valence-electron chi connectivity index (χ1n) is 6.27. The third-order valence-electron chi connectivity index (χ3n) is 3.22. The molecule has 0 amide bonds. The van der Waals surface area contributed by atoms with E-state index in [0.717, 1.165) is 6.42 Å². The van der Waals surface area contributed by atoms with Crippen LogP contribution in [-0.4, -0.2) is 14.5 Å². The molecule has 0 saturated carbocycles. The molecule has 0 saturated heterocycles. The van der Waals surface area contributed by atoms with E-state index in [1.807, 2.05) is 20.8 Å². The van der Waals surface area contributed by atoms with E-state index in [0.29, 0.717) is 16.3 Å². The van der Waals surface area contributed by atoms with Crippen LogP contribution in [0.1, 0.15) is 32.8 Å². The van der Waals surface area contributed by atoms with E-state index < -0.39 is 10.0 Å². The molecule has 6 heteroatoms. The predicted molar refractivity (Wildman–Crippen MR) is 79.8 cm³/mol. The summed E-state index contributed by atoms with van der Waals surface area (Å²) in [6.45, 7) is 7.66. The van der Waals surface area contributed by atoms with Crippen molar-refractivity contribution >= 4 is 27.3 Å². The lowest BCUT2D eigenvalue weighted by Crippen LogP contribution is -2.38. The molecule has 3 N–H and O–H groups in total. The van der Waals surface area contributed by atoms with Gasteiger partial charge in [0.05, 0.1) is 4.90 Å². The maximum Gasteiger partial charge on any atom is 0.240 e. The van der Waals surface area contributed by atoms with Crippen molar-refractivity contribution in [1.82, 2.24) is 4.72 Å². The van der Waals surface area contributed by atoms with Gasteiger partial charge >= 0.3 is 0 Å². The molecule has 0 aliphatic rings. The third-order valence-corrected chi connectivity index (χ3v) is 5.08.